The number of ether oxygens (including phenoxy) is 2. The lowest BCUT2D eigenvalue weighted by molar-refractivity contribution is -0.143. The second-order valence-corrected chi connectivity index (χ2v) is 11.0. The molecule has 3 saturated carbocycles. The summed E-state index contributed by atoms with van der Waals surface area (Å²) in [6, 6.07) is 2.29. The van der Waals surface area contributed by atoms with Gasteiger partial charge in [-0.15, -0.1) is 0 Å². The van der Waals surface area contributed by atoms with E-state index >= 15 is 0 Å². The highest BCUT2D eigenvalue weighted by Crippen LogP contribution is 2.49. The lowest BCUT2D eigenvalue weighted by Gasteiger charge is -2.31. The van der Waals surface area contributed by atoms with Gasteiger partial charge in [0, 0.05) is 18.2 Å². The van der Waals surface area contributed by atoms with Crippen LogP contribution in [-0.4, -0.2) is 52.1 Å². The molecule has 2 bridgehead atoms. The fourth-order valence-electron chi connectivity index (χ4n) is 6.47. The molecule has 0 spiro atoms. The van der Waals surface area contributed by atoms with Gasteiger partial charge in [0.2, 0.25) is 5.91 Å². The first-order valence-electron chi connectivity index (χ1n) is 13.7. The summed E-state index contributed by atoms with van der Waals surface area (Å²) in [5.41, 5.74) is -1.21. The van der Waals surface area contributed by atoms with Crippen molar-refractivity contribution in [3.63, 3.8) is 0 Å². The molecule has 0 saturated heterocycles. The van der Waals surface area contributed by atoms with Gasteiger partial charge in [-0.25, -0.2) is 14.4 Å². The van der Waals surface area contributed by atoms with Crippen LogP contribution in [-0.2, 0) is 15.8 Å². The number of carbonyl (C=O) groups excluding carboxylic acids is 2. The number of aromatic nitrogens is 2. The van der Waals surface area contributed by atoms with Crippen molar-refractivity contribution in [3.8, 4) is 11.5 Å². The lowest BCUT2D eigenvalue weighted by atomic mass is 9.83. The number of halogens is 4. The molecule has 3 N–H and O–H groups in total. The monoisotopic (exact) mass is 594 g/mol. The van der Waals surface area contributed by atoms with E-state index in [2.05, 4.69) is 20.6 Å². The number of nitrogens with one attached hydrogen (secondary N) is 2. The molecule has 5 rings (SSSR count). The van der Waals surface area contributed by atoms with E-state index in [1.54, 1.807) is 0 Å². The fraction of sp³-hybridized carbons (Fsp3) is 0.536. The quantitative estimate of drug-likeness (QED) is 0.381. The number of alkyl halides is 3. The highest BCUT2D eigenvalue weighted by molar-refractivity contribution is 5.99. The summed E-state index contributed by atoms with van der Waals surface area (Å²) in [7, 11) is 1.28. The Bertz CT molecular complexity index is 1360. The molecule has 226 valence electrons. The van der Waals surface area contributed by atoms with Crippen LogP contribution in [0.4, 0.5) is 23.4 Å². The first kappa shape index (κ1) is 29.5. The van der Waals surface area contributed by atoms with E-state index in [0.717, 1.165) is 25.2 Å². The van der Waals surface area contributed by atoms with Crippen molar-refractivity contribution in [2.24, 2.45) is 23.7 Å². The molecule has 10 nitrogen and oxygen atoms in total. The zero-order valence-electron chi connectivity index (χ0n) is 22.6. The molecular weight excluding hydrogens is 564 g/mol. The lowest BCUT2D eigenvalue weighted by Crippen LogP contribution is -2.48. The maximum absolute atomic E-state index is 14.9. The van der Waals surface area contributed by atoms with Gasteiger partial charge < -0.3 is 25.2 Å². The molecule has 0 radical (unpaired) electrons. The highest BCUT2D eigenvalue weighted by Gasteiger charge is 2.51. The van der Waals surface area contributed by atoms with E-state index in [4.69, 9.17) is 9.47 Å². The van der Waals surface area contributed by atoms with Gasteiger partial charge in [0.15, 0.2) is 11.6 Å². The van der Waals surface area contributed by atoms with Crippen molar-refractivity contribution in [1.29, 1.82) is 0 Å². The van der Waals surface area contributed by atoms with E-state index in [-0.39, 0.29) is 34.7 Å². The van der Waals surface area contributed by atoms with E-state index < -0.39 is 59.5 Å². The van der Waals surface area contributed by atoms with Crippen LogP contribution in [0.25, 0.3) is 0 Å². The Balaban J connectivity index is 1.31. The van der Waals surface area contributed by atoms with Gasteiger partial charge in [0.1, 0.15) is 23.6 Å². The van der Waals surface area contributed by atoms with Gasteiger partial charge >= 0.3 is 12.1 Å². The van der Waals surface area contributed by atoms with Gasteiger partial charge in [-0.1, -0.05) is 0 Å². The minimum absolute atomic E-state index is 0.0133. The summed E-state index contributed by atoms with van der Waals surface area (Å²) >= 11 is 0. The maximum atomic E-state index is 14.9. The Labute approximate surface area is 238 Å². The topological polar surface area (TPSA) is 140 Å². The molecule has 3 aliphatic rings. The van der Waals surface area contributed by atoms with Crippen LogP contribution in [0.15, 0.2) is 24.5 Å². The van der Waals surface area contributed by atoms with E-state index in [1.807, 2.05) is 0 Å². The number of fused-ring (bicyclic) bond motifs is 2. The number of nitrogens with zero attached hydrogens (tertiary/aromatic N) is 2. The van der Waals surface area contributed by atoms with E-state index in [1.165, 1.54) is 13.2 Å². The second kappa shape index (κ2) is 11.7. The second-order valence-electron chi connectivity index (χ2n) is 11.0. The number of carboxylic acids is 1. The van der Waals surface area contributed by atoms with Crippen LogP contribution in [0.2, 0.25) is 0 Å². The van der Waals surface area contributed by atoms with Gasteiger partial charge in [0.05, 0.1) is 30.6 Å². The molecule has 2 aromatic rings. The Morgan fingerprint density at radius 2 is 1.69 bits per heavy atom. The van der Waals surface area contributed by atoms with Crippen molar-refractivity contribution in [3.05, 3.63) is 41.6 Å². The third-order valence-electron chi connectivity index (χ3n) is 8.54. The molecule has 42 heavy (non-hydrogen) atoms. The molecular formula is C28H30F4N4O6. The minimum Gasteiger partial charge on any atom is -0.496 e. The van der Waals surface area contributed by atoms with Crippen LogP contribution in [0.3, 0.4) is 0 Å². The number of rotatable bonds is 8. The molecule has 0 aliphatic heterocycles. The molecule has 1 heterocycles. The number of methoxy groups -OCH3 is 1. The Hall–Kier alpha value is -3.97. The van der Waals surface area contributed by atoms with Gasteiger partial charge in [-0.3, -0.25) is 14.4 Å². The number of anilines is 1. The van der Waals surface area contributed by atoms with Crippen molar-refractivity contribution >= 4 is 23.6 Å². The van der Waals surface area contributed by atoms with Crippen LogP contribution >= 0.6 is 0 Å². The van der Waals surface area contributed by atoms with Crippen molar-refractivity contribution in [2.45, 2.75) is 63.3 Å². The summed E-state index contributed by atoms with van der Waals surface area (Å²) in [6.45, 7) is 0. The maximum Gasteiger partial charge on any atom is 0.433 e. The summed E-state index contributed by atoms with van der Waals surface area (Å²) in [6.07, 6.45) is -0.626. The molecule has 4 unspecified atom stereocenters. The Kier molecular flexibility index (Phi) is 8.24. The van der Waals surface area contributed by atoms with Crippen molar-refractivity contribution < 1.29 is 46.5 Å². The Morgan fingerprint density at radius 1 is 0.976 bits per heavy atom. The number of hydrogen-bond donors (Lipinski definition) is 3. The summed E-state index contributed by atoms with van der Waals surface area (Å²) in [4.78, 5) is 44.9. The molecule has 2 amide bonds. The predicted molar refractivity (Wildman–Crippen MR) is 138 cm³/mol. The standard InChI is InChI=1S/C28H30F4N4O6/c1-41-19-10-18(29)20(42-16-6-4-13(5-7-16)27(39)40)9-17(19)25(37)36-24-15-3-2-14(8-15)23(24)26(38)35-22-11-21(28(30,31)32)33-12-34-22/h9-16,23-24H,2-8H2,1H3,(H,36,37)(H,39,40)(H,33,34,35,38). The SMILES string of the molecule is COc1cc(F)c(OC2CCC(C(=O)O)CC2)cc1C(=O)NC1C2CCC(C2)C1C(=O)Nc1cc(C(F)(F)F)ncn1. The van der Waals surface area contributed by atoms with Crippen molar-refractivity contribution in [1.82, 2.24) is 15.3 Å². The zero-order valence-corrected chi connectivity index (χ0v) is 22.6. The summed E-state index contributed by atoms with van der Waals surface area (Å²) < 4.78 is 65.2. The van der Waals surface area contributed by atoms with Gasteiger partial charge in [-0.2, -0.15) is 13.2 Å². The molecule has 3 aliphatic carbocycles. The van der Waals surface area contributed by atoms with E-state index in [9.17, 15) is 37.1 Å². The van der Waals surface area contributed by atoms with Crippen molar-refractivity contribution in [2.75, 3.05) is 12.4 Å². The third-order valence-corrected chi connectivity index (χ3v) is 8.54. The predicted octanol–water partition coefficient (Wildman–Crippen LogP) is 4.45. The average Bonchev–Trinajstić information content (AvgIpc) is 3.56. The molecule has 4 atom stereocenters. The normalized spacial score (nSPS) is 26.9. The molecule has 1 aromatic carbocycles. The van der Waals surface area contributed by atoms with Crippen LogP contribution in [0, 0.1) is 29.5 Å². The highest BCUT2D eigenvalue weighted by atomic mass is 19.4. The smallest absolute Gasteiger partial charge is 0.433 e. The van der Waals surface area contributed by atoms with Gasteiger partial charge in [-0.05, 0) is 62.8 Å². The summed E-state index contributed by atoms with van der Waals surface area (Å²) in [5, 5.41) is 14.5. The van der Waals surface area contributed by atoms with Crippen LogP contribution in [0.1, 0.15) is 61.0 Å². The first-order chi connectivity index (χ1) is 19.9. The van der Waals surface area contributed by atoms with Gasteiger partial charge in [0.25, 0.3) is 5.91 Å². The third kappa shape index (κ3) is 6.12. The molecule has 3 fully saturated rings. The first-order valence-corrected chi connectivity index (χ1v) is 13.7. The number of aliphatic carboxylic acids is 1. The number of carbonyl (C=O) groups is 3. The number of benzene rings is 1. The Morgan fingerprint density at radius 3 is 2.36 bits per heavy atom. The summed E-state index contributed by atoms with van der Waals surface area (Å²) in [5.74, 6) is -4.63. The molecule has 14 heteroatoms. The average molecular weight is 595 g/mol. The van der Waals surface area contributed by atoms with Crippen LogP contribution in [0.5, 0.6) is 11.5 Å². The largest absolute Gasteiger partial charge is 0.496 e. The number of carboxylic acid groups (broad SMARTS) is 1. The minimum atomic E-state index is -4.71. The fourth-order valence-corrected chi connectivity index (χ4v) is 6.47. The van der Waals surface area contributed by atoms with E-state index in [0.29, 0.717) is 38.2 Å². The number of amides is 2. The zero-order chi connectivity index (χ0) is 30.2. The van der Waals surface area contributed by atoms with Crippen LogP contribution < -0.4 is 20.1 Å². The number of hydrogen-bond acceptors (Lipinski definition) is 7. The molecule has 1 aromatic heterocycles.